The molecule has 2 nitrogen and oxygen atoms in total. The summed E-state index contributed by atoms with van der Waals surface area (Å²) in [4.78, 5) is 0. The Hall–Kier alpha value is -1.38. The second kappa shape index (κ2) is 6.38. The van der Waals surface area contributed by atoms with Crippen molar-refractivity contribution in [3.63, 3.8) is 0 Å². The van der Waals surface area contributed by atoms with Crippen molar-refractivity contribution in [3.8, 4) is 0 Å². The first-order chi connectivity index (χ1) is 9.88. The smallest absolute Gasteiger partial charge is 0.0726 e. The molecule has 0 amide bonds. The Kier molecular flexibility index (Phi) is 4.34. The van der Waals surface area contributed by atoms with Gasteiger partial charge in [0.2, 0.25) is 0 Å². The van der Waals surface area contributed by atoms with Gasteiger partial charge < -0.3 is 10.5 Å². The highest BCUT2D eigenvalue weighted by molar-refractivity contribution is 5.85. The van der Waals surface area contributed by atoms with Crippen molar-refractivity contribution in [2.45, 2.75) is 38.4 Å². The minimum absolute atomic E-state index is 0.340. The van der Waals surface area contributed by atoms with Crippen LogP contribution in [0.15, 0.2) is 42.5 Å². The second-order valence-corrected chi connectivity index (χ2v) is 5.77. The third kappa shape index (κ3) is 2.87. The predicted octanol–water partition coefficient (Wildman–Crippen LogP) is 3.87. The number of rotatable bonds is 4. The lowest BCUT2D eigenvalue weighted by Gasteiger charge is -2.30. The summed E-state index contributed by atoms with van der Waals surface area (Å²) < 4.78 is 6.20. The van der Waals surface area contributed by atoms with Crippen LogP contribution >= 0.6 is 0 Å². The summed E-state index contributed by atoms with van der Waals surface area (Å²) in [6.07, 6.45) is 5.29. The van der Waals surface area contributed by atoms with Gasteiger partial charge in [-0.05, 0) is 41.6 Å². The van der Waals surface area contributed by atoms with Gasteiger partial charge >= 0.3 is 0 Å². The standard InChI is InChI=1S/C18H23NO/c19-12-15-7-2-4-11-18(15)20-13-16-9-5-8-14-6-1-3-10-17(14)16/h1,3,5-6,8-10,15,18H,2,4,7,11-13,19H2. The van der Waals surface area contributed by atoms with E-state index in [1.807, 2.05) is 0 Å². The quantitative estimate of drug-likeness (QED) is 0.914. The van der Waals surface area contributed by atoms with Gasteiger partial charge in [0.25, 0.3) is 0 Å². The average Bonchev–Trinajstić information content (AvgIpc) is 2.53. The van der Waals surface area contributed by atoms with E-state index in [0.29, 0.717) is 18.6 Å². The van der Waals surface area contributed by atoms with E-state index in [4.69, 9.17) is 10.5 Å². The minimum atomic E-state index is 0.340. The van der Waals surface area contributed by atoms with E-state index in [0.717, 1.165) is 13.0 Å². The summed E-state index contributed by atoms with van der Waals surface area (Å²) in [6.45, 7) is 1.45. The van der Waals surface area contributed by atoms with Crippen molar-refractivity contribution >= 4 is 10.8 Å². The maximum absolute atomic E-state index is 6.20. The Morgan fingerprint density at radius 1 is 1.00 bits per heavy atom. The Bertz CT molecular complexity index is 561. The third-order valence-corrected chi connectivity index (χ3v) is 4.47. The van der Waals surface area contributed by atoms with E-state index in [2.05, 4.69) is 42.5 Å². The van der Waals surface area contributed by atoms with Crippen molar-refractivity contribution in [2.24, 2.45) is 11.7 Å². The van der Waals surface area contributed by atoms with Crippen LogP contribution in [-0.2, 0) is 11.3 Å². The molecule has 0 radical (unpaired) electrons. The molecular formula is C18H23NO. The average molecular weight is 269 g/mol. The van der Waals surface area contributed by atoms with Crippen molar-refractivity contribution in [1.82, 2.24) is 0 Å². The van der Waals surface area contributed by atoms with Crippen LogP contribution in [0, 0.1) is 5.92 Å². The lowest BCUT2D eigenvalue weighted by Crippen LogP contribution is -2.33. The highest BCUT2D eigenvalue weighted by Crippen LogP contribution is 2.28. The molecule has 0 aliphatic heterocycles. The van der Waals surface area contributed by atoms with Crippen molar-refractivity contribution < 1.29 is 4.74 Å². The zero-order chi connectivity index (χ0) is 13.8. The van der Waals surface area contributed by atoms with Crippen molar-refractivity contribution in [3.05, 3.63) is 48.0 Å². The number of benzene rings is 2. The molecule has 2 aromatic rings. The molecule has 0 spiro atoms. The van der Waals surface area contributed by atoms with Crippen LogP contribution in [-0.4, -0.2) is 12.6 Å². The van der Waals surface area contributed by atoms with Gasteiger partial charge in [0.1, 0.15) is 0 Å². The van der Waals surface area contributed by atoms with E-state index in [-0.39, 0.29) is 0 Å². The van der Waals surface area contributed by atoms with Crippen LogP contribution in [0.3, 0.4) is 0 Å². The third-order valence-electron chi connectivity index (χ3n) is 4.47. The molecule has 1 fully saturated rings. The first-order valence-electron chi connectivity index (χ1n) is 7.67. The highest BCUT2D eigenvalue weighted by atomic mass is 16.5. The normalized spacial score (nSPS) is 23.1. The fourth-order valence-corrected chi connectivity index (χ4v) is 3.28. The highest BCUT2D eigenvalue weighted by Gasteiger charge is 2.24. The van der Waals surface area contributed by atoms with Crippen LogP contribution in [0.4, 0.5) is 0 Å². The van der Waals surface area contributed by atoms with Crippen molar-refractivity contribution in [2.75, 3.05) is 6.54 Å². The van der Waals surface area contributed by atoms with E-state index in [1.165, 1.54) is 35.6 Å². The van der Waals surface area contributed by atoms with Gasteiger partial charge in [-0.3, -0.25) is 0 Å². The van der Waals surface area contributed by atoms with Gasteiger partial charge in [-0.1, -0.05) is 55.3 Å². The van der Waals surface area contributed by atoms with Gasteiger partial charge in [0, 0.05) is 0 Å². The minimum Gasteiger partial charge on any atom is -0.373 e. The molecule has 1 aliphatic carbocycles. The number of ether oxygens (including phenoxy) is 1. The molecule has 2 unspecified atom stereocenters. The second-order valence-electron chi connectivity index (χ2n) is 5.77. The summed E-state index contributed by atoms with van der Waals surface area (Å²) in [5, 5.41) is 2.59. The number of hydrogen-bond donors (Lipinski definition) is 1. The Labute approximate surface area is 120 Å². The summed E-state index contributed by atoms with van der Waals surface area (Å²) in [6, 6.07) is 14.9. The monoisotopic (exact) mass is 269 g/mol. The van der Waals surface area contributed by atoms with Crippen LogP contribution in [0.1, 0.15) is 31.2 Å². The summed E-state index contributed by atoms with van der Waals surface area (Å²) in [5.74, 6) is 0.540. The molecule has 3 rings (SSSR count). The maximum Gasteiger partial charge on any atom is 0.0726 e. The van der Waals surface area contributed by atoms with Crippen molar-refractivity contribution in [1.29, 1.82) is 0 Å². The lowest BCUT2D eigenvalue weighted by molar-refractivity contribution is -0.0178. The molecule has 2 heteroatoms. The molecule has 1 aliphatic rings. The van der Waals surface area contributed by atoms with E-state index < -0.39 is 0 Å². The molecular weight excluding hydrogens is 246 g/mol. The molecule has 2 aromatic carbocycles. The molecule has 106 valence electrons. The first-order valence-corrected chi connectivity index (χ1v) is 7.67. The van der Waals surface area contributed by atoms with Gasteiger partial charge in [0.15, 0.2) is 0 Å². The van der Waals surface area contributed by atoms with Crippen LogP contribution < -0.4 is 5.73 Å². The number of hydrogen-bond acceptors (Lipinski definition) is 2. The topological polar surface area (TPSA) is 35.2 Å². The largest absolute Gasteiger partial charge is 0.373 e. The first kappa shape index (κ1) is 13.6. The van der Waals surface area contributed by atoms with Gasteiger partial charge in [0.05, 0.1) is 12.7 Å². The fourth-order valence-electron chi connectivity index (χ4n) is 3.28. The molecule has 2 atom stereocenters. The van der Waals surface area contributed by atoms with Crippen LogP contribution in [0.25, 0.3) is 10.8 Å². The van der Waals surface area contributed by atoms with Crippen LogP contribution in [0.2, 0.25) is 0 Å². The summed E-state index contributed by atoms with van der Waals surface area (Å²) in [7, 11) is 0. The van der Waals surface area contributed by atoms with E-state index in [9.17, 15) is 0 Å². The molecule has 2 N–H and O–H groups in total. The van der Waals surface area contributed by atoms with E-state index >= 15 is 0 Å². The lowest BCUT2D eigenvalue weighted by atomic mass is 9.86. The molecule has 0 aromatic heterocycles. The van der Waals surface area contributed by atoms with Gasteiger partial charge in [-0.15, -0.1) is 0 Å². The number of fused-ring (bicyclic) bond motifs is 1. The maximum atomic E-state index is 6.20. The Morgan fingerprint density at radius 3 is 2.70 bits per heavy atom. The van der Waals surface area contributed by atoms with Crippen LogP contribution in [0.5, 0.6) is 0 Å². The van der Waals surface area contributed by atoms with Gasteiger partial charge in [-0.25, -0.2) is 0 Å². The van der Waals surface area contributed by atoms with Gasteiger partial charge in [-0.2, -0.15) is 0 Å². The molecule has 1 saturated carbocycles. The number of nitrogens with two attached hydrogens (primary N) is 1. The summed E-state index contributed by atoms with van der Waals surface area (Å²) >= 11 is 0. The molecule has 20 heavy (non-hydrogen) atoms. The zero-order valence-corrected chi connectivity index (χ0v) is 11.9. The fraction of sp³-hybridized carbons (Fsp3) is 0.444. The molecule has 0 heterocycles. The predicted molar refractivity (Wildman–Crippen MR) is 83.5 cm³/mol. The zero-order valence-electron chi connectivity index (χ0n) is 11.9. The SMILES string of the molecule is NCC1CCCCC1OCc1cccc2ccccc12. The van der Waals surface area contributed by atoms with E-state index in [1.54, 1.807) is 0 Å². The Morgan fingerprint density at radius 2 is 1.80 bits per heavy atom. The molecule has 0 saturated heterocycles. The summed E-state index contributed by atoms with van der Waals surface area (Å²) in [5.41, 5.74) is 7.16. The molecule has 0 bridgehead atoms. The Balaban J connectivity index is 1.73.